The maximum Gasteiger partial charge on any atom is 0.191 e. The number of hydrogen-bond donors (Lipinski definition) is 0. The summed E-state index contributed by atoms with van der Waals surface area (Å²) in [4.78, 5) is 0. The molecule has 5 nitrogen and oxygen atoms in total. The normalized spacial score (nSPS) is 11.7. The molecule has 0 N–H and O–H groups in total. The Morgan fingerprint density at radius 2 is 1.85 bits per heavy atom. The van der Waals surface area contributed by atoms with Crippen molar-refractivity contribution in [1.82, 2.24) is 14.8 Å². The quantitative estimate of drug-likeness (QED) is 0.458. The average Bonchev–Trinajstić information content (AvgIpc) is 3.17. The standard InChI is InChI=1S/C20H25N3O2S/c1-14-17(10-11-24-14)18-21-22-19(23(18)5)26-13-12-25-16-8-6-15(7-9-16)20(2,3)4/h6-11H,12-13H2,1-5H3. The monoisotopic (exact) mass is 371 g/mol. The van der Waals surface area contributed by atoms with E-state index in [1.54, 1.807) is 18.0 Å². The van der Waals surface area contributed by atoms with Crippen LogP contribution in [0.5, 0.6) is 5.75 Å². The highest BCUT2D eigenvalue weighted by Gasteiger charge is 2.15. The second-order valence-corrected chi connectivity index (χ2v) is 8.29. The van der Waals surface area contributed by atoms with Crippen LogP contribution in [0, 0.1) is 6.92 Å². The van der Waals surface area contributed by atoms with Gasteiger partial charge in [0.2, 0.25) is 0 Å². The van der Waals surface area contributed by atoms with Gasteiger partial charge in [-0.25, -0.2) is 0 Å². The maximum absolute atomic E-state index is 5.84. The highest BCUT2D eigenvalue weighted by atomic mass is 32.2. The summed E-state index contributed by atoms with van der Waals surface area (Å²) in [5, 5.41) is 9.42. The van der Waals surface area contributed by atoms with Gasteiger partial charge in [0, 0.05) is 12.8 Å². The van der Waals surface area contributed by atoms with Crippen LogP contribution in [0.4, 0.5) is 0 Å². The number of benzene rings is 1. The van der Waals surface area contributed by atoms with Gasteiger partial charge in [-0.05, 0) is 36.1 Å². The Kier molecular flexibility index (Phi) is 5.41. The van der Waals surface area contributed by atoms with Gasteiger partial charge < -0.3 is 13.7 Å². The molecule has 0 spiro atoms. The van der Waals surface area contributed by atoms with Crippen LogP contribution in [0.15, 0.2) is 46.2 Å². The van der Waals surface area contributed by atoms with Gasteiger partial charge in [0.05, 0.1) is 18.4 Å². The van der Waals surface area contributed by atoms with Gasteiger partial charge in [-0.2, -0.15) is 0 Å². The van der Waals surface area contributed by atoms with Crippen molar-refractivity contribution in [3.05, 3.63) is 47.9 Å². The first-order valence-corrected chi connectivity index (χ1v) is 9.65. The Morgan fingerprint density at radius 1 is 1.12 bits per heavy atom. The zero-order valence-corrected chi connectivity index (χ0v) is 16.8. The first kappa shape index (κ1) is 18.6. The Labute approximate surface area is 158 Å². The molecule has 2 aromatic heterocycles. The summed E-state index contributed by atoms with van der Waals surface area (Å²) in [7, 11) is 1.97. The number of aryl methyl sites for hydroxylation is 1. The van der Waals surface area contributed by atoms with Crippen molar-refractivity contribution < 1.29 is 9.15 Å². The molecule has 138 valence electrons. The van der Waals surface area contributed by atoms with Crippen molar-refractivity contribution in [3.8, 4) is 17.1 Å². The largest absolute Gasteiger partial charge is 0.493 e. The summed E-state index contributed by atoms with van der Waals surface area (Å²) in [5.74, 6) is 3.36. The van der Waals surface area contributed by atoms with Crippen LogP contribution in [0.3, 0.4) is 0 Å². The highest BCUT2D eigenvalue weighted by Crippen LogP contribution is 2.26. The number of rotatable bonds is 6. The van der Waals surface area contributed by atoms with Gasteiger partial charge in [0.15, 0.2) is 11.0 Å². The van der Waals surface area contributed by atoms with E-state index >= 15 is 0 Å². The molecule has 0 saturated heterocycles. The summed E-state index contributed by atoms with van der Waals surface area (Å²) in [6.45, 7) is 9.17. The topological polar surface area (TPSA) is 53.1 Å². The van der Waals surface area contributed by atoms with Crippen LogP contribution in [0.1, 0.15) is 32.1 Å². The lowest BCUT2D eigenvalue weighted by Gasteiger charge is -2.19. The minimum absolute atomic E-state index is 0.157. The van der Waals surface area contributed by atoms with Crippen LogP contribution in [0.2, 0.25) is 0 Å². The Hall–Kier alpha value is -2.21. The van der Waals surface area contributed by atoms with Gasteiger partial charge in [0.25, 0.3) is 0 Å². The van der Waals surface area contributed by atoms with E-state index in [2.05, 4.69) is 43.1 Å². The van der Waals surface area contributed by atoms with Gasteiger partial charge in [-0.1, -0.05) is 44.7 Å². The molecule has 0 fully saturated rings. The van der Waals surface area contributed by atoms with Crippen molar-refractivity contribution in [2.24, 2.45) is 7.05 Å². The fraction of sp³-hybridized carbons (Fsp3) is 0.400. The van der Waals surface area contributed by atoms with E-state index < -0.39 is 0 Å². The molecule has 26 heavy (non-hydrogen) atoms. The molecule has 0 bridgehead atoms. The fourth-order valence-corrected chi connectivity index (χ4v) is 3.36. The molecule has 0 aliphatic heterocycles. The molecule has 0 atom stereocenters. The summed E-state index contributed by atoms with van der Waals surface area (Å²) in [6, 6.07) is 10.2. The van der Waals surface area contributed by atoms with E-state index in [0.717, 1.165) is 33.8 Å². The fourth-order valence-electron chi connectivity index (χ4n) is 2.64. The molecule has 6 heteroatoms. The first-order valence-electron chi connectivity index (χ1n) is 8.66. The van der Waals surface area contributed by atoms with Gasteiger partial charge in [-0.3, -0.25) is 0 Å². The van der Waals surface area contributed by atoms with Gasteiger partial charge in [0.1, 0.15) is 11.5 Å². The minimum Gasteiger partial charge on any atom is -0.493 e. The van der Waals surface area contributed by atoms with E-state index in [1.165, 1.54) is 5.56 Å². The smallest absolute Gasteiger partial charge is 0.191 e. The molecule has 0 saturated carbocycles. The first-order chi connectivity index (χ1) is 12.4. The van der Waals surface area contributed by atoms with Crippen LogP contribution >= 0.6 is 11.8 Å². The highest BCUT2D eigenvalue weighted by molar-refractivity contribution is 7.99. The molecular formula is C20H25N3O2S. The lowest BCUT2D eigenvalue weighted by atomic mass is 9.87. The molecule has 0 aliphatic rings. The van der Waals surface area contributed by atoms with E-state index in [1.807, 2.05) is 36.7 Å². The molecule has 0 aliphatic carbocycles. The summed E-state index contributed by atoms with van der Waals surface area (Å²) < 4.78 is 13.2. The zero-order valence-electron chi connectivity index (χ0n) is 15.9. The van der Waals surface area contributed by atoms with Gasteiger partial charge >= 0.3 is 0 Å². The molecule has 0 unspecified atom stereocenters. The number of aromatic nitrogens is 3. The molecule has 2 heterocycles. The van der Waals surface area contributed by atoms with Crippen molar-refractivity contribution >= 4 is 11.8 Å². The molecule has 3 aromatic rings. The molecule has 3 rings (SSSR count). The Bertz CT molecular complexity index is 860. The Morgan fingerprint density at radius 3 is 2.46 bits per heavy atom. The number of hydrogen-bond acceptors (Lipinski definition) is 5. The van der Waals surface area contributed by atoms with E-state index in [-0.39, 0.29) is 5.41 Å². The predicted molar refractivity (Wildman–Crippen MR) is 105 cm³/mol. The summed E-state index contributed by atoms with van der Waals surface area (Å²) in [5.41, 5.74) is 2.44. The third-order valence-corrected chi connectivity index (χ3v) is 5.22. The third kappa shape index (κ3) is 4.12. The molecule has 0 amide bonds. The zero-order chi connectivity index (χ0) is 18.7. The van der Waals surface area contributed by atoms with Crippen molar-refractivity contribution in [2.75, 3.05) is 12.4 Å². The van der Waals surface area contributed by atoms with Gasteiger partial charge in [-0.15, -0.1) is 10.2 Å². The van der Waals surface area contributed by atoms with Crippen LogP contribution < -0.4 is 4.74 Å². The number of furan rings is 1. The lowest BCUT2D eigenvalue weighted by molar-refractivity contribution is 0.343. The number of ether oxygens (including phenoxy) is 1. The van der Waals surface area contributed by atoms with Crippen molar-refractivity contribution in [3.63, 3.8) is 0 Å². The van der Waals surface area contributed by atoms with Crippen LogP contribution in [0.25, 0.3) is 11.4 Å². The molecule has 0 radical (unpaired) electrons. The lowest BCUT2D eigenvalue weighted by Crippen LogP contribution is -2.10. The average molecular weight is 372 g/mol. The number of nitrogens with zero attached hydrogens (tertiary/aromatic N) is 3. The van der Waals surface area contributed by atoms with E-state index in [9.17, 15) is 0 Å². The van der Waals surface area contributed by atoms with Crippen LogP contribution in [-0.2, 0) is 12.5 Å². The maximum atomic E-state index is 5.84. The molecular weight excluding hydrogens is 346 g/mol. The van der Waals surface area contributed by atoms with Crippen molar-refractivity contribution in [2.45, 2.75) is 38.3 Å². The van der Waals surface area contributed by atoms with Crippen LogP contribution in [-0.4, -0.2) is 27.1 Å². The third-order valence-electron chi connectivity index (χ3n) is 4.24. The Balaban J connectivity index is 1.53. The van der Waals surface area contributed by atoms with E-state index in [4.69, 9.17) is 9.15 Å². The molecule has 1 aromatic carbocycles. The van der Waals surface area contributed by atoms with Crippen molar-refractivity contribution in [1.29, 1.82) is 0 Å². The second kappa shape index (κ2) is 7.58. The number of thioether (sulfide) groups is 1. The second-order valence-electron chi connectivity index (χ2n) is 7.23. The minimum atomic E-state index is 0.157. The summed E-state index contributed by atoms with van der Waals surface area (Å²) in [6.07, 6.45) is 1.67. The SMILES string of the molecule is Cc1occc1-c1nnc(SCCOc2ccc(C(C)(C)C)cc2)n1C. The predicted octanol–water partition coefficient (Wildman–Crippen LogP) is 4.85. The van der Waals surface area contributed by atoms with E-state index in [0.29, 0.717) is 6.61 Å². The summed E-state index contributed by atoms with van der Waals surface area (Å²) >= 11 is 1.63.